The first-order valence-corrected chi connectivity index (χ1v) is 5.80. The molecule has 0 saturated heterocycles. The summed E-state index contributed by atoms with van der Waals surface area (Å²) in [7, 11) is 3.34. The quantitative estimate of drug-likeness (QED) is 0.634. The molecule has 19 heavy (non-hydrogen) atoms. The second-order valence-electron chi connectivity index (χ2n) is 4.35. The summed E-state index contributed by atoms with van der Waals surface area (Å²) in [4.78, 5) is 28.8. The van der Waals surface area contributed by atoms with Crippen molar-refractivity contribution in [2.75, 3.05) is 0 Å². The van der Waals surface area contributed by atoms with Gasteiger partial charge in [0, 0.05) is 14.1 Å². The van der Waals surface area contributed by atoms with Gasteiger partial charge in [0.25, 0.3) is 5.56 Å². The lowest BCUT2D eigenvalue weighted by Gasteiger charge is -2.08. The monoisotopic (exact) mass is 256 g/mol. The van der Waals surface area contributed by atoms with Crippen LogP contribution in [0.15, 0.2) is 46.2 Å². The Labute approximate surface area is 108 Å². The van der Waals surface area contributed by atoms with Gasteiger partial charge in [-0.1, -0.05) is 18.2 Å². The molecule has 3 rings (SSSR count). The number of imidazole rings is 1. The molecule has 0 unspecified atom stereocenters. The molecule has 0 atom stereocenters. The number of hydrogen-bond donors (Lipinski definition) is 0. The Kier molecular flexibility index (Phi) is 2.38. The molecular formula is C13H12N4O2. The topological polar surface area (TPSA) is 61.8 Å². The van der Waals surface area contributed by atoms with Gasteiger partial charge in [0.15, 0.2) is 11.2 Å². The lowest BCUT2D eigenvalue weighted by Crippen LogP contribution is -2.38. The van der Waals surface area contributed by atoms with Crippen LogP contribution in [-0.2, 0) is 14.1 Å². The summed E-state index contributed by atoms with van der Waals surface area (Å²) >= 11 is 0. The Morgan fingerprint density at radius 2 is 1.74 bits per heavy atom. The van der Waals surface area contributed by atoms with E-state index in [-0.39, 0.29) is 5.56 Å². The second-order valence-corrected chi connectivity index (χ2v) is 4.35. The van der Waals surface area contributed by atoms with Gasteiger partial charge >= 0.3 is 5.69 Å². The van der Waals surface area contributed by atoms with Crippen molar-refractivity contribution in [3.8, 4) is 5.69 Å². The number of hydrogen-bond acceptors (Lipinski definition) is 3. The van der Waals surface area contributed by atoms with Crippen LogP contribution < -0.4 is 11.2 Å². The van der Waals surface area contributed by atoms with Crippen LogP contribution in [0.25, 0.3) is 16.9 Å². The standard InChI is InChI=1S/C13H12N4O2/c1-15-8-14-11-10(15)12(18)17(13(19)16(11)2)9-6-4-3-5-7-9/h3-8H,1-2H3. The highest BCUT2D eigenvalue weighted by molar-refractivity contribution is 5.70. The third-order valence-corrected chi connectivity index (χ3v) is 3.13. The fraction of sp³-hybridized carbons (Fsp3) is 0.154. The van der Waals surface area contributed by atoms with Crippen molar-refractivity contribution >= 4 is 11.2 Å². The first-order valence-electron chi connectivity index (χ1n) is 5.80. The van der Waals surface area contributed by atoms with Gasteiger partial charge in [-0.25, -0.2) is 14.3 Å². The van der Waals surface area contributed by atoms with Gasteiger partial charge in [0.1, 0.15) is 0 Å². The van der Waals surface area contributed by atoms with E-state index in [9.17, 15) is 9.59 Å². The Bertz CT molecular complexity index is 871. The third-order valence-electron chi connectivity index (χ3n) is 3.13. The van der Waals surface area contributed by atoms with E-state index >= 15 is 0 Å². The predicted octanol–water partition coefficient (Wildman–Crippen LogP) is 0.423. The second kappa shape index (κ2) is 3.94. The molecule has 0 spiro atoms. The van der Waals surface area contributed by atoms with Crippen LogP contribution in [0.5, 0.6) is 0 Å². The molecule has 0 fully saturated rings. The number of fused-ring (bicyclic) bond motifs is 1. The Hall–Kier alpha value is -2.63. The normalized spacial score (nSPS) is 11.1. The van der Waals surface area contributed by atoms with Crippen molar-refractivity contribution in [1.29, 1.82) is 0 Å². The molecule has 0 saturated carbocycles. The Morgan fingerprint density at radius 1 is 1.05 bits per heavy atom. The van der Waals surface area contributed by atoms with E-state index in [4.69, 9.17) is 0 Å². The SMILES string of the molecule is Cn1cnc2c1c(=O)n(-c1ccccc1)c(=O)n2C. The van der Waals surface area contributed by atoms with E-state index in [1.165, 1.54) is 10.9 Å². The molecule has 0 aliphatic carbocycles. The lowest BCUT2D eigenvalue weighted by atomic mass is 10.3. The van der Waals surface area contributed by atoms with Gasteiger partial charge in [-0.15, -0.1) is 0 Å². The summed E-state index contributed by atoms with van der Waals surface area (Å²) in [6.45, 7) is 0. The largest absolute Gasteiger partial charge is 0.337 e. The predicted molar refractivity (Wildman–Crippen MR) is 71.6 cm³/mol. The van der Waals surface area contributed by atoms with Crippen molar-refractivity contribution in [2.24, 2.45) is 14.1 Å². The first kappa shape index (κ1) is 11.5. The van der Waals surface area contributed by atoms with E-state index < -0.39 is 5.69 Å². The molecule has 0 aliphatic heterocycles. The van der Waals surface area contributed by atoms with Gasteiger partial charge in [-0.2, -0.15) is 0 Å². The van der Waals surface area contributed by atoms with E-state index in [1.54, 1.807) is 42.9 Å². The average molecular weight is 256 g/mol. The minimum absolute atomic E-state index is 0.357. The zero-order valence-corrected chi connectivity index (χ0v) is 10.6. The van der Waals surface area contributed by atoms with E-state index in [1.807, 2.05) is 6.07 Å². The highest BCUT2D eigenvalue weighted by atomic mass is 16.2. The maximum atomic E-state index is 12.5. The summed E-state index contributed by atoms with van der Waals surface area (Å²) in [6, 6.07) is 8.86. The third kappa shape index (κ3) is 1.53. The van der Waals surface area contributed by atoms with Crippen molar-refractivity contribution in [3.63, 3.8) is 0 Å². The van der Waals surface area contributed by atoms with Crippen LogP contribution in [0.2, 0.25) is 0 Å². The van der Waals surface area contributed by atoms with Crippen LogP contribution in [0, 0.1) is 0 Å². The van der Waals surface area contributed by atoms with Crippen molar-refractivity contribution in [2.45, 2.75) is 0 Å². The molecule has 0 radical (unpaired) electrons. The lowest BCUT2D eigenvalue weighted by molar-refractivity contribution is 0.763. The summed E-state index contributed by atoms with van der Waals surface area (Å²) < 4.78 is 4.16. The average Bonchev–Trinajstić information content (AvgIpc) is 2.80. The molecule has 3 aromatic rings. The van der Waals surface area contributed by atoms with Crippen molar-refractivity contribution in [3.05, 3.63) is 57.5 Å². The summed E-state index contributed by atoms with van der Waals surface area (Å²) in [5, 5.41) is 0. The molecule has 0 amide bonds. The van der Waals surface area contributed by atoms with E-state index in [0.29, 0.717) is 16.9 Å². The van der Waals surface area contributed by atoms with Crippen molar-refractivity contribution in [1.82, 2.24) is 18.7 Å². The van der Waals surface area contributed by atoms with Gasteiger partial charge in [-0.3, -0.25) is 9.36 Å². The number of para-hydroxylation sites is 1. The molecule has 6 heteroatoms. The number of aryl methyl sites for hydroxylation is 2. The maximum absolute atomic E-state index is 12.5. The van der Waals surface area contributed by atoms with Crippen LogP contribution in [-0.4, -0.2) is 18.7 Å². The molecular weight excluding hydrogens is 244 g/mol. The van der Waals surface area contributed by atoms with Crippen LogP contribution in [0.1, 0.15) is 0 Å². The van der Waals surface area contributed by atoms with Crippen LogP contribution in [0.4, 0.5) is 0 Å². The fourth-order valence-corrected chi connectivity index (χ4v) is 2.15. The van der Waals surface area contributed by atoms with Crippen LogP contribution >= 0.6 is 0 Å². The molecule has 96 valence electrons. The highest BCUT2D eigenvalue weighted by Crippen LogP contribution is 2.06. The summed E-state index contributed by atoms with van der Waals surface area (Å²) in [5.74, 6) is 0. The Balaban J connectivity index is 2.54. The number of benzene rings is 1. The molecule has 6 nitrogen and oxygen atoms in total. The maximum Gasteiger partial charge on any atom is 0.337 e. The molecule has 0 N–H and O–H groups in total. The minimum atomic E-state index is -0.401. The van der Waals surface area contributed by atoms with Gasteiger partial charge in [0.2, 0.25) is 0 Å². The van der Waals surface area contributed by atoms with Gasteiger partial charge in [-0.05, 0) is 12.1 Å². The van der Waals surface area contributed by atoms with E-state index in [0.717, 1.165) is 4.57 Å². The summed E-state index contributed by atoms with van der Waals surface area (Å²) in [5.41, 5.74) is 0.596. The number of rotatable bonds is 1. The van der Waals surface area contributed by atoms with Gasteiger partial charge < -0.3 is 4.57 Å². The van der Waals surface area contributed by atoms with Gasteiger partial charge in [0.05, 0.1) is 12.0 Å². The highest BCUT2D eigenvalue weighted by Gasteiger charge is 2.15. The summed E-state index contributed by atoms with van der Waals surface area (Å²) in [6.07, 6.45) is 1.53. The first-order chi connectivity index (χ1) is 9.11. The van der Waals surface area contributed by atoms with Crippen molar-refractivity contribution < 1.29 is 0 Å². The van der Waals surface area contributed by atoms with Crippen LogP contribution in [0.3, 0.4) is 0 Å². The smallest absolute Gasteiger partial charge is 0.328 e. The molecule has 2 heterocycles. The number of nitrogens with zero attached hydrogens (tertiary/aromatic N) is 4. The fourth-order valence-electron chi connectivity index (χ4n) is 2.15. The molecule has 1 aromatic carbocycles. The molecule has 2 aromatic heterocycles. The zero-order chi connectivity index (χ0) is 13.6. The number of aromatic nitrogens is 4. The Morgan fingerprint density at radius 3 is 2.42 bits per heavy atom. The minimum Gasteiger partial charge on any atom is -0.328 e. The molecule has 0 bridgehead atoms. The van der Waals surface area contributed by atoms with E-state index in [2.05, 4.69) is 4.98 Å². The molecule has 0 aliphatic rings. The zero-order valence-electron chi connectivity index (χ0n) is 10.6.